The zero-order valence-corrected chi connectivity index (χ0v) is 16.4. The van der Waals surface area contributed by atoms with Crippen molar-refractivity contribution in [1.82, 2.24) is 10.2 Å². The molecule has 1 fully saturated rings. The van der Waals surface area contributed by atoms with Crippen LogP contribution in [0.2, 0.25) is 0 Å². The van der Waals surface area contributed by atoms with Crippen LogP contribution in [0.4, 0.5) is 0 Å². The molecule has 0 bridgehead atoms. The van der Waals surface area contributed by atoms with E-state index in [0.717, 1.165) is 28.4 Å². The number of rotatable bonds is 7. The molecule has 23 heavy (non-hydrogen) atoms. The first kappa shape index (κ1) is 20.8. The number of aliphatic hydroxyl groups excluding tert-OH is 1. The second-order valence-electron chi connectivity index (χ2n) is 4.90. The Morgan fingerprint density at radius 1 is 1.52 bits per heavy atom. The van der Waals surface area contributed by atoms with Gasteiger partial charge in [-0.05, 0) is 14.0 Å². The van der Waals surface area contributed by atoms with Gasteiger partial charge in [-0.1, -0.05) is 11.8 Å². The summed E-state index contributed by atoms with van der Waals surface area (Å²) in [6.07, 6.45) is -0.877. The second-order valence-corrected chi connectivity index (χ2v) is 7.31. The number of β-lactam (4-membered cyclic amide) rings is 1. The van der Waals surface area contributed by atoms with Crippen molar-refractivity contribution in [3.05, 3.63) is 9.93 Å². The average molecular weight is 370 g/mol. The number of carboxylic acid groups (broad SMARTS) is 2. The first-order valence-corrected chi connectivity index (χ1v) is 8.32. The van der Waals surface area contributed by atoms with Gasteiger partial charge < -0.3 is 25.4 Å². The van der Waals surface area contributed by atoms with Crippen LogP contribution < -0.4 is 40.0 Å². The van der Waals surface area contributed by atoms with Crippen molar-refractivity contribution in [2.24, 2.45) is 5.92 Å². The molecule has 2 aliphatic heterocycles. The molecule has 8 nitrogen and oxygen atoms in total. The quantitative estimate of drug-likeness (QED) is 0.299. The molecule has 11 heteroatoms. The molecule has 2 heterocycles. The second kappa shape index (κ2) is 8.24. The summed E-state index contributed by atoms with van der Waals surface area (Å²) in [5.74, 6) is -3.53. The van der Waals surface area contributed by atoms with Crippen LogP contribution in [0.25, 0.3) is 0 Å². The summed E-state index contributed by atoms with van der Waals surface area (Å²) in [5, 5.41) is 32.0. The van der Waals surface area contributed by atoms with Gasteiger partial charge >= 0.3 is 35.5 Å². The summed E-state index contributed by atoms with van der Waals surface area (Å²) in [6, 6.07) is -0.836. The summed E-state index contributed by atoms with van der Waals surface area (Å²) in [4.78, 5) is 35.3. The van der Waals surface area contributed by atoms with Crippen molar-refractivity contribution in [3.63, 3.8) is 0 Å². The summed E-state index contributed by atoms with van der Waals surface area (Å²) in [7, 11) is 1.50. The predicted molar refractivity (Wildman–Crippen MR) is 78.4 cm³/mol. The van der Waals surface area contributed by atoms with Gasteiger partial charge in [0, 0.05) is 5.75 Å². The van der Waals surface area contributed by atoms with Crippen LogP contribution in [0.15, 0.2) is 9.93 Å². The van der Waals surface area contributed by atoms with Gasteiger partial charge in [0.25, 0.3) is 0 Å². The third-order valence-corrected chi connectivity index (χ3v) is 6.24. The van der Waals surface area contributed by atoms with E-state index in [-0.39, 0.29) is 41.0 Å². The molecule has 0 aromatic rings. The molecular formula is C12H15N2NaO6S2. The third-order valence-electron chi connectivity index (χ3n) is 3.49. The minimum Gasteiger partial charge on any atom is -0.543 e. The Morgan fingerprint density at radius 2 is 2.13 bits per heavy atom. The standard InChI is InChI=1S/C12H16N2O6S2.Na/c1-4(15)6-8(16)14-7(11(19)20)12(22-9(6)14)21-3-5(13-2)10(17)18;/h4-6,9,13,15H,3H2,1-2H3,(H,17,18)(H,19,20);/q;+1/p-1/t4?,5-,6+,9-;/m1./s1. The van der Waals surface area contributed by atoms with E-state index in [9.17, 15) is 24.6 Å². The fourth-order valence-electron chi connectivity index (χ4n) is 2.28. The van der Waals surface area contributed by atoms with E-state index in [2.05, 4.69) is 5.32 Å². The molecular weight excluding hydrogens is 355 g/mol. The fourth-order valence-corrected chi connectivity index (χ4v) is 5.32. The normalized spacial score (nSPS) is 25.3. The molecule has 1 unspecified atom stereocenters. The van der Waals surface area contributed by atoms with Crippen molar-refractivity contribution in [2.45, 2.75) is 24.4 Å². The zero-order valence-electron chi connectivity index (χ0n) is 12.8. The Hall–Kier alpha value is -0.230. The molecule has 0 radical (unpaired) electrons. The summed E-state index contributed by atoms with van der Waals surface area (Å²) in [5.41, 5.74) is -0.234. The number of likely N-dealkylation sites (N-methyl/N-ethyl adjacent to an activating group) is 1. The number of nitrogens with zero attached hydrogens (tertiary/aromatic N) is 1. The average Bonchev–Trinajstić information content (AvgIpc) is 2.73. The fraction of sp³-hybridized carbons (Fsp3) is 0.583. The smallest absolute Gasteiger partial charge is 0.543 e. The van der Waals surface area contributed by atoms with Gasteiger partial charge in [0.05, 0.1) is 27.9 Å². The number of hydrogen-bond acceptors (Lipinski definition) is 8. The van der Waals surface area contributed by atoms with E-state index in [1.54, 1.807) is 0 Å². The number of aliphatic carboxylic acids is 2. The molecule has 4 atom stereocenters. The first-order chi connectivity index (χ1) is 10.3. The monoisotopic (exact) mass is 370 g/mol. The van der Waals surface area contributed by atoms with Gasteiger partial charge in [0.15, 0.2) is 0 Å². The number of amides is 1. The molecule has 2 aliphatic rings. The molecule has 3 N–H and O–H groups in total. The zero-order chi connectivity index (χ0) is 16.6. The summed E-state index contributed by atoms with van der Waals surface area (Å²) >= 11 is 2.20. The molecule has 0 saturated carbocycles. The minimum atomic E-state index is -1.48. The van der Waals surface area contributed by atoms with Gasteiger partial charge in [-0.3, -0.25) is 14.5 Å². The van der Waals surface area contributed by atoms with E-state index in [1.165, 1.54) is 14.0 Å². The summed E-state index contributed by atoms with van der Waals surface area (Å²) in [6.45, 7) is 1.48. The van der Waals surface area contributed by atoms with Gasteiger partial charge in [-0.15, -0.1) is 11.8 Å². The molecule has 0 aromatic heterocycles. The number of carbonyl (C=O) groups excluding carboxylic acids is 2. The molecule has 2 rings (SSSR count). The van der Waals surface area contributed by atoms with E-state index in [4.69, 9.17) is 5.11 Å². The van der Waals surface area contributed by atoms with E-state index in [1.807, 2.05) is 0 Å². The third kappa shape index (κ3) is 3.89. The Morgan fingerprint density at radius 3 is 2.57 bits per heavy atom. The Bertz CT molecular complexity index is 556. The van der Waals surface area contributed by atoms with Crippen molar-refractivity contribution >= 4 is 41.4 Å². The van der Waals surface area contributed by atoms with Gasteiger partial charge in [0.1, 0.15) is 11.4 Å². The van der Waals surface area contributed by atoms with Gasteiger partial charge in [-0.2, -0.15) is 0 Å². The Kier molecular flexibility index (Phi) is 7.45. The van der Waals surface area contributed by atoms with Crippen molar-refractivity contribution in [2.75, 3.05) is 12.8 Å². The van der Waals surface area contributed by atoms with Crippen molar-refractivity contribution in [1.29, 1.82) is 0 Å². The number of nitrogens with one attached hydrogen (secondary N) is 1. The van der Waals surface area contributed by atoms with Crippen LogP contribution in [0.1, 0.15) is 6.92 Å². The topological polar surface area (TPSA) is 130 Å². The van der Waals surface area contributed by atoms with Gasteiger partial charge in [-0.25, -0.2) is 0 Å². The largest absolute Gasteiger partial charge is 1.00 e. The SMILES string of the molecule is CN[C@H](CSC1=C(C(=O)[O-])N2C(=O)[C@H](C(C)O)[C@H]2S1)C(=O)O.[Na+]. The number of carboxylic acids is 2. The predicted octanol–water partition coefficient (Wildman–Crippen LogP) is -4.77. The molecule has 0 spiro atoms. The Labute approximate surface area is 163 Å². The Balaban J connectivity index is 0.00000264. The van der Waals surface area contributed by atoms with Crippen molar-refractivity contribution in [3.8, 4) is 0 Å². The van der Waals surface area contributed by atoms with Crippen LogP contribution >= 0.6 is 23.5 Å². The van der Waals surface area contributed by atoms with Crippen LogP contribution in [-0.4, -0.2) is 63.3 Å². The van der Waals surface area contributed by atoms with E-state index >= 15 is 0 Å². The van der Waals surface area contributed by atoms with E-state index in [0.29, 0.717) is 4.24 Å². The van der Waals surface area contributed by atoms with Gasteiger partial charge in [0.2, 0.25) is 5.91 Å². The number of thioether (sulfide) groups is 2. The molecule has 1 saturated heterocycles. The molecule has 0 aliphatic carbocycles. The van der Waals surface area contributed by atoms with Crippen LogP contribution in [0.3, 0.4) is 0 Å². The maximum absolute atomic E-state index is 12.0. The molecule has 0 aromatic carbocycles. The summed E-state index contributed by atoms with van der Waals surface area (Å²) < 4.78 is 0.336. The molecule has 122 valence electrons. The van der Waals surface area contributed by atoms with Crippen molar-refractivity contribution < 1.29 is 59.3 Å². The number of aliphatic hydroxyl groups is 1. The van der Waals surface area contributed by atoms with Crippen LogP contribution in [-0.2, 0) is 14.4 Å². The first-order valence-electron chi connectivity index (χ1n) is 6.45. The number of hydrogen-bond donors (Lipinski definition) is 3. The van der Waals surface area contributed by atoms with E-state index < -0.39 is 41.3 Å². The number of fused-ring (bicyclic) bond motifs is 1. The molecule has 1 amide bonds. The number of carbonyl (C=O) groups is 3. The minimum absolute atomic E-state index is 0. The van der Waals surface area contributed by atoms with Crippen LogP contribution in [0.5, 0.6) is 0 Å². The maximum Gasteiger partial charge on any atom is 1.00 e. The van der Waals surface area contributed by atoms with Crippen LogP contribution in [0, 0.1) is 5.92 Å². The maximum atomic E-state index is 12.0.